The van der Waals surface area contributed by atoms with E-state index in [-0.39, 0.29) is 12.0 Å². The Bertz CT molecular complexity index is 1300. The van der Waals surface area contributed by atoms with Gasteiger partial charge in [-0.1, -0.05) is 66.7 Å². The summed E-state index contributed by atoms with van der Waals surface area (Å²) in [4.78, 5) is 18.2. The van der Waals surface area contributed by atoms with E-state index >= 15 is 0 Å². The van der Waals surface area contributed by atoms with Crippen molar-refractivity contribution >= 4 is 28.6 Å². The number of para-hydroxylation sites is 2. The number of hydrogen-bond donors (Lipinski definition) is 1. The van der Waals surface area contributed by atoms with Gasteiger partial charge in [-0.25, -0.2) is 9.78 Å². The van der Waals surface area contributed by atoms with Crippen LogP contribution in [-0.4, -0.2) is 22.1 Å². The third-order valence-corrected chi connectivity index (χ3v) is 5.67. The van der Waals surface area contributed by atoms with Crippen molar-refractivity contribution in [3.8, 4) is 0 Å². The van der Waals surface area contributed by atoms with Gasteiger partial charge in [0, 0.05) is 0 Å². The Morgan fingerprint density at radius 1 is 1.00 bits per heavy atom. The average Bonchev–Trinajstić information content (AvgIpc) is 3.17. The number of carbonyl (C=O) groups excluding carboxylic acids is 1. The molecular weight excluding hydrogens is 386 g/mol. The first-order valence-corrected chi connectivity index (χ1v) is 10.4. The second-order valence-corrected chi connectivity index (χ2v) is 7.55. The number of ether oxygens (including phenoxy) is 1. The number of imidazole rings is 1. The van der Waals surface area contributed by atoms with E-state index < -0.39 is 0 Å². The molecule has 0 saturated carbocycles. The van der Waals surface area contributed by atoms with Gasteiger partial charge in [-0.2, -0.15) is 0 Å². The topological polar surface area (TPSA) is 56.1 Å². The quantitative estimate of drug-likeness (QED) is 0.463. The summed E-state index contributed by atoms with van der Waals surface area (Å²) in [5.74, 6) is 0.381. The number of fused-ring (bicyclic) bond motifs is 3. The molecule has 2 heterocycles. The lowest BCUT2D eigenvalue weighted by Gasteiger charge is -2.32. The lowest BCUT2D eigenvalue weighted by Crippen LogP contribution is -2.29. The molecule has 0 radical (unpaired) electrons. The van der Waals surface area contributed by atoms with Crippen molar-refractivity contribution in [2.75, 3.05) is 11.9 Å². The number of rotatable bonds is 4. The maximum Gasteiger partial charge on any atom is 0.338 e. The molecule has 1 atom stereocenters. The lowest BCUT2D eigenvalue weighted by atomic mass is 9.90. The molecule has 5 nitrogen and oxygen atoms in total. The molecular formula is C26H23N3O2. The highest BCUT2D eigenvalue weighted by atomic mass is 16.5. The van der Waals surface area contributed by atoms with Crippen LogP contribution in [0.15, 0.2) is 84.4 Å². The normalized spacial score (nSPS) is 15.5. The molecule has 1 aliphatic heterocycles. The van der Waals surface area contributed by atoms with E-state index in [0.29, 0.717) is 18.1 Å². The molecule has 31 heavy (non-hydrogen) atoms. The third kappa shape index (κ3) is 3.19. The van der Waals surface area contributed by atoms with Gasteiger partial charge < -0.3 is 10.1 Å². The van der Waals surface area contributed by atoms with Crippen molar-refractivity contribution in [3.05, 3.63) is 101 Å². The Balaban J connectivity index is 1.86. The summed E-state index contributed by atoms with van der Waals surface area (Å²) in [7, 11) is 0. The van der Waals surface area contributed by atoms with Crippen LogP contribution in [0.2, 0.25) is 0 Å². The Hall–Kier alpha value is -3.86. The number of benzene rings is 3. The third-order valence-electron chi connectivity index (χ3n) is 5.67. The first-order chi connectivity index (χ1) is 15.2. The fourth-order valence-corrected chi connectivity index (χ4v) is 4.28. The largest absolute Gasteiger partial charge is 0.463 e. The van der Waals surface area contributed by atoms with Gasteiger partial charge in [0.1, 0.15) is 0 Å². The van der Waals surface area contributed by atoms with Gasteiger partial charge in [0.05, 0.1) is 35.0 Å². The minimum atomic E-state index is -0.362. The van der Waals surface area contributed by atoms with Crippen molar-refractivity contribution in [2.45, 2.75) is 19.9 Å². The molecule has 0 unspecified atom stereocenters. The maximum absolute atomic E-state index is 13.4. The van der Waals surface area contributed by atoms with Crippen molar-refractivity contribution in [2.24, 2.45) is 0 Å². The number of nitrogens with one attached hydrogen (secondary N) is 1. The fraction of sp³-hybridized carbons (Fsp3) is 0.154. The van der Waals surface area contributed by atoms with Crippen LogP contribution in [0, 0.1) is 6.92 Å². The van der Waals surface area contributed by atoms with Crippen molar-refractivity contribution in [1.29, 1.82) is 0 Å². The summed E-state index contributed by atoms with van der Waals surface area (Å²) in [6.45, 7) is 4.21. The average molecular weight is 409 g/mol. The highest BCUT2D eigenvalue weighted by Crippen LogP contribution is 2.43. The number of hydrogen-bond acceptors (Lipinski definition) is 4. The summed E-state index contributed by atoms with van der Waals surface area (Å²) in [5, 5.41) is 3.44. The molecule has 0 spiro atoms. The number of esters is 1. The summed E-state index contributed by atoms with van der Waals surface area (Å²) < 4.78 is 7.67. The number of anilines is 1. The van der Waals surface area contributed by atoms with Crippen LogP contribution in [0.4, 0.5) is 5.95 Å². The fourth-order valence-electron chi connectivity index (χ4n) is 4.28. The zero-order valence-electron chi connectivity index (χ0n) is 17.5. The zero-order valence-corrected chi connectivity index (χ0v) is 17.5. The minimum Gasteiger partial charge on any atom is -0.463 e. The van der Waals surface area contributed by atoms with E-state index in [9.17, 15) is 4.79 Å². The number of nitrogens with zero attached hydrogens (tertiary/aromatic N) is 2. The number of aryl methyl sites for hydroxylation is 1. The van der Waals surface area contributed by atoms with Gasteiger partial charge in [-0.05, 0) is 42.7 Å². The van der Waals surface area contributed by atoms with Crippen molar-refractivity contribution in [3.63, 3.8) is 0 Å². The van der Waals surface area contributed by atoms with Gasteiger partial charge in [-0.15, -0.1) is 0 Å². The number of carbonyl (C=O) groups is 1. The van der Waals surface area contributed by atoms with Crippen LogP contribution in [0.5, 0.6) is 0 Å². The summed E-state index contributed by atoms with van der Waals surface area (Å²) in [6, 6.07) is 25.7. The molecule has 0 aliphatic carbocycles. The summed E-state index contributed by atoms with van der Waals surface area (Å²) >= 11 is 0. The van der Waals surface area contributed by atoms with Crippen molar-refractivity contribution < 1.29 is 9.53 Å². The minimum absolute atomic E-state index is 0.308. The second-order valence-electron chi connectivity index (χ2n) is 7.55. The Labute approximate surface area is 181 Å². The first kappa shape index (κ1) is 19.1. The maximum atomic E-state index is 13.4. The smallest absolute Gasteiger partial charge is 0.338 e. The van der Waals surface area contributed by atoms with E-state index in [2.05, 4.69) is 28.9 Å². The molecule has 5 heteroatoms. The van der Waals surface area contributed by atoms with E-state index in [0.717, 1.165) is 33.4 Å². The predicted molar refractivity (Wildman–Crippen MR) is 123 cm³/mol. The standard InChI is InChI=1S/C26H23N3O2/c1-3-31-25(30)22-23(18-12-5-4-6-13-18)28-26-27-20-15-9-10-16-21(20)29(26)24(22)19-14-8-7-11-17(19)2/h4-16,24H,3H2,1-2H3,(H,27,28)/t24-/m1/s1. The zero-order chi connectivity index (χ0) is 21.4. The molecule has 5 rings (SSSR count). The molecule has 1 N–H and O–H groups in total. The van der Waals surface area contributed by atoms with Crippen LogP contribution in [0.3, 0.4) is 0 Å². The molecule has 0 bridgehead atoms. The van der Waals surface area contributed by atoms with Crippen LogP contribution >= 0.6 is 0 Å². The first-order valence-electron chi connectivity index (χ1n) is 10.4. The van der Waals surface area contributed by atoms with Crippen molar-refractivity contribution in [1.82, 2.24) is 9.55 Å². The molecule has 0 saturated heterocycles. The highest BCUT2D eigenvalue weighted by molar-refractivity contribution is 6.03. The highest BCUT2D eigenvalue weighted by Gasteiger charge is 2.37. The summed E-state index contributed by atoms with van der Waals surface area (Å²) in [6.07, 6.45) is 0. The van der Waals surface area contributed by atoms with Gasteiger partial charge in [-0.3, -0.25) is 4.57 Å². The van der Waals surface area contributed by atoms with Gasteiger partial charge in [0.2, 0.25) is 5.95 Å². The van der Waals surface area contributed by atoms with E-state index in [1.807, 2.05) is 73.7 Å². The Kier molecular flexibility index (Phi) is 4.79. The molecule has 4 aromatic rings. The molecule has 1 aromatic heterocycles. The molecule has 154 valence electrons. The lowest BCUT2D eigenvalue weighted by molar-refractivity contribution is -0.138. The van der Waals surface area contributed by atoms with Gasteiger partial charge in [0.25, 0.3) is 0 Å². The number of aromatic nitrogens is 2. The van der Waals surface area contributed by atoms with Crippen LogP contribution in [0.25, 0.3) is 16.7 Å². The van der Waals surface area contributed by atoms with Gasteiger partial charge in [0.15, 0.2) is 0 Å². The monoisotopic (exact) mass is 409 g/mol. The second kappa shape index (κ2) is 7.76. The molecule has 0 amide bonds. The van der Waals surface area contributed by atoms with Crippen LogP contribution < -0.4 is 5.32 Å². The van der Waals surface area contributed by atoms with Crippen LogP contribution in [-0.2, 0) is 9.53 Å². The molecule has 0 fully saturated rings. The van der Waals surface area contributed by atoms with E-state index in [1.165, 1.54) is 0 Å². The van der Waals surface area contributed by atoms with Gasteiger partial charge >= 0.3 is 5.97 Å². The summed E-state index contributed by atoms with van der Waals surface area (Å²) in [5.41, 5.74) is 6.22. The SMILES string of the molecule is CCOC(=O)C1=C(c2ccccc2)Nc2nc3ccccc3n2[C@@H]1c1ccccc1C. The molecule has 3 aromatic carbocycles. The van der Waals surface area contributed by atoms with E-state index in [4.69, 9.17) is 9.72 Å². The Morgan fingerprint density at radius 2 is 1.71 bits per heavy atom. The van der Waals surface area contributed by atoms with E-state index in [1.54, 1.807) is 0 Å². The Morgan fingerprint density at radius 3 is 2.48 bits per heavy atom. The predicted octanol–water partition coefficient (Wildman–Crippen LogP) is 5.33. The van der Waals surface area contributed by atoms with Crippen LogP contribution in [0.1, 0.15) is 29.7 Å². The molecule has 1 aliphatic rings.